The average Bonchev–Trinajstić information content (AvgIpc) is 2.68. The van der Waals surface area contributed by atoms with Gasteiger partial charge in [0.1, 0.15) is 0 Å². The number of alkyl halides is 3. The fourth-order valence-corrected chi connectivity index (χ4v) is 3.97. The largest absolute Gasteiger partial charge is 0.573 e. The van der Waals surface area contributed by atoms with Crippen LogP contribution in [0.4, 0.5) is 18.9 Å². The van der Waals surface area contributed by atoms with E-state index < -0.39 is 22.1 Å². The van der Waals surface area contributed by atoms with Gasteiger partial charge < -0.3 is 4.74 Å². The predicted molar refractivity (Wildman–Crippen MR) is 109 cm³/mol. The summed E-state index contributed by atoms with van der Waals surface area (Å²) in [6.45, 7) is 1.28. The zero-order chi connectivity index (χ0) is 21.9. The van der Waals surface area contributed by atoms with Crippen LogP contribution in [0, 0.1) is 6.92 Å². The second-order valence-electron chi connectivity index (χ2n) is 6.63. The number of sulfonamides is 1. The molecule has 0 fully saturated rings. The van der Waals surface area contributed by atoms with E-state index in [2.05, 4.69) is 9.72 Å². The third kappa shape index (κ3) is 5.10. The van der Waals surface area contributed by atoms with Crippen molar-refractivity contribution in [1.29, 1.82) is 0 Å². The third-order valence-corrected chi connectivity index (χ3v) is 5.53. The molecule has 0 bridgehead atoms. The second kappa shape index (κ2) is 8.35. The van der Waals surface area contributed by atoms with E-state index in [1.807, 2.05) is 0 Å². The number of nitrogens with zero attached hydrogens (tertiary/aromatic N) is 2. The molecule has 0 saturated heterocycles. The molecule has 1 heterocycles. The molecule has 9 heteroatoms. The van der Waals surface area contributed by atoms with Gasteiger partial charge in [0.2, 0.25) is 10.0 Å². The molecule has 0 amide bonds. The smallest absolute Gasteiger partial charge is 0.403 e. The van der Waals surface area contributed by atoms with Gasteiger partial charge in [-0.2, -0.15) is 0 Å². The van der Waals surface area contributed by atoms with Crippen molar-refractivity contribution in [2.75, 3.05) is 10.6 Å². The minimum atomic E-state index is -4.99. The number of hydrogen-bond acceptors (Lipinski definition) is 4. The fraction of sp³-hybridized carbons (Fsp3) is 0.190. The van der Waals surface area contributed by atoms with Crippen LogP contribution < -0.4 is 9.04 Å². The number of rotatable bonds is 6. The van der Waals surface area contributed by atoms with Crippen molar-refractivity contribution in [1.82, 2.24) is 4.98 Å². The van der Waals surface area contributed by atoms with Gasteiger partial charge in [0.05, 0.1) is 18.5 Å². The lowest BCUT2D eigenvalue weighted by Crippen LogP contribution is -2.31. The molecule has 0 aliphatic rings. The molecule has 158 valence electrons. The summed E-state index contributed by atoms with van der Waals surface area (Å²) in [7, 11) is -3.93. The van der Waals surface area contributed by atoms with Gasteiger partial charge in [0.15, 0.2) is 5.75 Å². The van der Waals surface area contributed by atoms with Gasteiger partial charge >= 0.3 is 6.36 Å². The Morgan fingerprint density at radius 1 is 1.03 bits per heavy atom. The van der Waals surface area contributed by atoms with Crippen molar-refractivity contribution >= 4 is 15.7 Å². The molecule has 0 atom stereocenters. The standard InChI is InChI=1S/C21H19F3N2O3S/c1-15-18(17-8-4-3-5-9-17)10-11-19(20(15)29-21(22,23)24)26(30(2,27)28)14-16-7-6-12-25-13-16/h3-13H,14H2,1-2H3. The highest BCUT2D eigenvalue weighted by Gasteiger charge is 2.35. The van der Waals surface area contributed by atoms with Crippen LogP contribution in [0.5, 0.6) is 5.75 Å². The first-order valence-electron chi connectivity index (χ1n) is 8.87. The number of aromatic nitrogens is 1. The molecule has 0 N–H and O–H groups in total. The number of halogens is 3. The van der Waals surface area contributed by atoms with E-state index in [4.69, 9.17) is 0 Å². The Hall–Kier alpha value is -3.07. The zero-order valence-corrected chi connectivity index (χ0v) is 17.0. The van der Waals surface area contributed by atoms with E-state index in [1.54, 1.807) is 48.5 Å². The van der Waals surface area contributed by atoms with Crippen LogP contribution in [0.25, 0.3) is 11.1 Å². The SMILES string of the molecule is Cc1c(-c2ccccc2)ccc(N(Cc2cccnc2)S(C)(=O)=O)c1OC(F)(F)F. The predicted octanol–water partition coefficient (Wildman–Crippen LogP) is 4.92. The van der Waals surface area contributed by atoms with Crippen LogP contribution in [0.3, 0.4) is 0 Å². The normalized spacial score (nSPS) is 11.9. The van der Waals surface area contributed by atoms with Gasteiger partial charge in [-0.3, -0.25) is 9.29 Å². The number of ether oxygens (including phenoxy) is 1. The topological polar surface area (TPSA) is 59.5 Å². The highest BCUT2D eigenvalue weighted by Crippen LogP contribution is 2.42. The molecule has 3 rings (SSSR count). The van der Waals surface area contributed by atoms with Gasteiger partial charge in [-0.25, -0.2) is 8.42 Å². The maximum absolute atomic E-state index is 13.2. The Balaban J connectivity index is 2.19. The van der Waals surface area contributed by atoms with Crippen LogP contribution in [0.15, 0.2) is 67.0 Å². The summed E-state index contributed by atoms with van der Waals surface area (Å²) in [5.74, 6) is -0.557. The summed E-state index contributed by atoms with van der Waals surface area (Å²) in [5, 5.41) is 0. The Kier molecular flexibility index (Phi) is 6.02. The number of pyridine rings is 1. The summed E-state index contributed by atoms with van der Waals surface area (Å²) < 4.78 is 69.8. The monoisotopic (exact) mass is 436 g/mol. The van der Waals surface area contributed by atoms with Crippen molar-refractivity contribution in [3.63, 3.8) is 0 Å². The lowest BCUT2D eigenvalue weighted by atomic mass is 9.99. The molecule has 0 aliphatic heterocycles. The zero-order valence-electron chi connectivity index (χ0n) is 16.2. The molecule has 0 radical (unpaired) electrons. The number of benzene rings is 2. The minimum absolute atomic E-state index is 0.177. The van der Waals surface area contributed by atoms with Gasteiger partial charge in [-0.1, -0.05) is 42.5 Å². The Labute approximate surface area is 172 Å². The van der Waals surface area contributed by atoms with Crippen LogP contribution in [-0.2, 0) is 16.6 Å². The average molecular weight is 436 g/mol. The lowest BCUT2D eigenvalue weighted by Gasteiger charge is -2.27. The quantitative estimate of drug-likeness (QED) is 0.550. The molecule has 3 aromatic rings. The maximum Gasteiger partial charge on any atom is 0.573 e. The summed E-state index contributed by atoms with van der Waals surface area (Å²) >= 11 is 0. The minimum Gasteiger partial charge on any atom is -0.403 e. The molecule has 0 saturated carbocycles. The van der Waals surface area contributed by atoms with E-state index >= 15 is 0 Å². The van der Waals surface area contributed by atoms with Gasteiger partial charge in [-0.05, 0) is 35.7 Å². The lowest BCUT2D eigenvalue weighted by molar-refractivity contribution is -0.274. The summed E-state index contributed by atoms with van der Waals surface area (Å²) in [4.78, 5) is 3.93. The van der Waals surface area contributed by atoms with Crippen LogP contribution in [0.1, 0.15) is 11.1 Å². The Morgan fingerprint density at radius 2 is 1.73 bits per heavy atom. The maximum atomic E-state index is 13.2. The van der Waals surface area contributed by atoms with Crippen molar-refractivity contribution < 1.29 is 26.3 Å². The van der Waals surface area contributed by atoms with Gasteiger partial charge in [0, 0.05) is 18.0 Å². The molecular weight excluding hydrogens is 417 g/mol. The second-order valence-corrected chi connectivity index (χ2v) is 8.54. The van der Waals surface area contributed by atoms with Gasteiger partial charge in [-0.15, -0.1) is 13.2 Å². The van der Waals surface area contributed by atoms with Crippen molar-refractivity contribution in [3.05, 3.63) is 78.1 Å². The van der Waals surface area contributed by atoms with E-state index in [-0.39, 0.29) is 17.8 Å². The third-order valence-electron chi connectivity index (χ3n) is 4.41. The molecular formula is C21H19F3N2O3S. The Bertz CT molecular complexity index is 1120. The van der Waals surface area contributed by atoms with E-state index in [1.165, 1.54) is 25.4 Å². The van der Waals surface area contributed by atoms with E-state index in [0.717, 1.165) is 10.6 Å². The summed E-state index contributed by atoms with van der Waals surface area (Å²) in [6.07, 6.45) is -1.09. The first-order valence-corrected chi connectivity index (χ1v) is 10.7. The number of anilines is 1. The van der Waals surface area contributed by atoms with Gasteiger partial charge in [0.25, 0.3) is 0 Å². The molecule has 30 heavy (non-hydrogen) atoms. The first kappa shape index (κ1) is 21.6. The molecule has 5 nitrogen and oxygen atoms in total. The fourth-order valence-electron chi connectivity index (χ4n) is 3.09. The number of hydrogen-bond donors (Lipinski definition) is 0. The molecule has 1 aromatic heterocycles. The van der Waals surface area contributed by atoms with E-state index in [9.17, 15) is 21.6 Å². The Morgan fingerprint density at radius 3 is 2.30 bits per heavy atom. The van der Waals surface area contributed by atoms with Crippen molar-refractivity contribution in [3.8, 4) is 16.9 Å². The van der Waals surface area contributed by atoms with Crippen molar-refractivity contribution in [2.45, 2.75) is 19.8 Å². The van der Waals surface area contributed by atoms with E-state index in [0.29, 0.717) is 16.7 Å². The molecule has 2 aromatic carbocycles. The van der Waals surface area contributed by atoms with Crippen LogP contribution in [0.2, 0.25) is 0 Å². The highest BCUT2D eigenvalue weighted by atomic mass is 32.2. The molecule has 0 spiro atoms. The highest BCUT2D eigenvalue weighted by molar-refractivity contribution is 7.92. The summed E-state index contributed by atoms with van der Waals surface area (Å²) in [6, 6.07) is 15.0. The van der Waals surface area contributed by atoms with Crippen molar-refractivity contribution in [2.24, 2.45) is 0 Å². The van der Waals surface area contributed by atoms with Crippen LogP contribution in [-0.4, -0.2) is 26.0 Å². The molecule has 0 aliphatic carbocycles. The molecule has 0 unspecified atom stereocenters. The van der Waals surface area contributed by atoms with Crippen LogP contribution >= 0.6 is 0 Å². The first-order chi connectivity index (χ1) is 14.1. The summed E-state index contributed by atoms with van der Waals surface area (Å²) in [5.41, 5.74) is 1.69.